The minimum atomic E-state index is -0.0298. The summed E-state index contributed by atoms with van der Waals surface area (Å²) in [4.78, 5) is 12.3. The van der Waals surface area contributed by atoms with Crippen LogP contribution in [0.3, 0.4) is 0 Å². The maximum absolute atomic E-state index is 11.7. The Hall–Kier alpha value is -1.16. The molecule has 0 radical (unpaired) electrons. The molecule has 0 saturated heterocycles. The molecule has 0 unspecified atom stereocenters. The molecule has 1 heterocycles. The van der Waals surface area contributed by atoms with Crippen LogP contribution in [0.15, 0.2) is 42.5 Å². The summed E-state index contributed by atoms with van der Waals surface area (Å²) < 4.78 is 5.98. The van der Waals surface area contributed by atoms with Gasteiger partial charge in [0.15, 0.2) is 5.78 Å². The van der Waals surface area contributed by atoms with E-state index < -0.39 is 0 Å². The van der Waals surface area contributed by atoms with E-state index in [2.05, 4.69) is 0 Å². The number of thiophene rings is 1. The van der Waals surface area contributed by atoms with Crippen LogP contribution >= 0.6 is 22.9 Å². The molecule has 0 fully saturated rings. The van der Waals surface area contributed by atoms with Crippen LogP contribution in [0, 0.1) is 0 Å². The van der Waals surface area contributed by atoms with E-state index in [9.17, 15) is 4.79 Å². The van der Waals surface area contributed by atoms with E-state index in [1.807, 2.05) is 30.3 Å². The summed E-state index contributed by atoms with van der Waals surface area (Å²) in [6, 6.07) is 13.2. The number of hydrogen-bond donors (Lipinski definition) is 0. The highest BCUT2D eigenvalue weighted by atomic mass is 35.5. The van der Waals surface area contributed by atoms with E-state index in [1.54, 1.807) is 12.1 Å². The minimum Gasteiger partial charge on any atom is -0.369 e. The molecule has 0 aliphatic rings. The first-order valence-corrected chi connectivity index (χ1v) is 6.35. The molecule has 88 valence electrons. The van der Waals surface area contributed by atoms with Crippen molar-refractivity contribution in [1.29, 1.82) is 0 Å². The van der Waals surface area contributed by atoms with Gasteiger partial charge in [0.1, 0.15) is 6.61 Å². The Morgan fingerprint density at radius 1 is 1.18 bits per heavy atom. The van der Waals surface area contributed by atoms with Crippen molar-refractivity contribution in [1.82, 2.24) is 0 Å². The number of ether oxygens (including phenoxy) is 1. The molecule has 2 aromatic rings. The molecular weight excluding hydrogens is 256 g/mol. The summed E-state index contributed by atoms with van der Waals surface area (Å²) in [6.45, 7) is 0.539. The van der Waals surface area contributed by atoms with Crippen LogP contribution in [0.1, 0.15) is 15.2 Å². The SMILES string of the molecule is O=C(COCc1ccccc1)c1ccc(Cl)s1. The molecule has 4 heteroatoms. The second-order valence-corrected chi connectivity index (χ2v) is 5.22. The largest absolute Gasteiger partial charge is 0.369 e. The first-order chi connectivity index (χ1) is 8.25. The quantitative estimate of drug-likeness (QED) is 0.770. The van der Waals surface area contributed by atoms with Gasteiger partial charge in [-0.3, -0.25) is 4.79 Å². The predicted octanol–water partition coefficient (Wildman–Crippen LogP) is 3.80. The minimum absolute atomic E-state index is 0.0298. The Balaban J connectivity index is 1.81. The summed E-state index contributed by atoms with van der Waals surface area (Å²) >= 11 is 7.04. The smallest absolute Gasteiger partial charge is 0.198 e. The first kappa shape index (κ1) is 12.3. The van der Waals surface area contributed by atoms with E-state index in [-0.39, 0.29) is 12.4 Å². The first-order valence-electron chi connectivity index (χ1n) is 5.16. The standard InChI is InChI=1S/C13H11ClO2S/c14-13-7-6-12(17-13)11(15)9-16-8-10-4-2-1-3-5-10/h1-7H,8-9H2. The van der Waals surface area contributed by atoms with Gasteiger partial charge in [0.2, 0.25) is 0 Å². The molecular formula is C13H11ClO2S. The molecule has 17 heavy (non-hydrogen) atoms. The number of carbonyl (C=O) groups is 1. The summed E-state index contributed by atoms with van der Waals surface area (Å²) in [6.07, 6.45) is 0. The topological polar surface area (TPSA) is 26.3 Å². The average molecular weight is 267 g/mol. The van der Waals surface area contributed by atoms with Crippen LogP contribution < -0.4 is 0 Å². The van der Waals surface area contributed by atoms with Gasteiger partial charge in [-0.05, 0) is 17.7 Å². The van der Waals surface area contributed by atoms with E-state index in [1.165, 1.54) is 11.3 Å². The zero-order valence-electron chi connectivity index (χ0n) is 9.06. The monoisotopic (exact) mass is 266 g/mol. The molecule has 1 aromatic heterocycles. The van der Waals surface area contributed by atoms with Gasteiger partial charge >= 0.3 is 0 Å². The van der Waals surface area contributed by atoms with Gasteiger partial charge < -0.3 is 4.74 Å². The molecule has 2 rings (SSSR count). The molecule has 0 aliphatic carbocycles. The molecule has 0 amide bonds. The second kappa shape index (κ2) is 5.96. The van der Waals surface area contributed by atoms with E-state index >= 15 is 0 Å². The summed E-state index contributed by atoms with van der Waals surface area (Å²) in [5.41, 5.74) is 1.06. The molecule has 0 aliphatic heterocycles. The summed E-state index contributed by atoms with van der Waals surface area (Å²) in [5, 5.41) is 0. The number of hydrogen-bond acceptors (Lipinski definition) is 3. The zero-order valence-corrected chi connectivity index (χ0v) is 10.6. The molecule has 1 aromatic carbocycles. The van der Waals surface area contributed by atoms with Crippen LogP contribution in [0.4, 0.5) is 0 Å². The molecule has 0 N–H and O–H groups in total. The van der Waals surface area contributed by atoms with Crippen molar-refractivity contribution in [2.24, 2.45) is 0 Å². The van der Waals surface area contributed by atoms with Gasteiger partial charge in [-0.25, -0.2) is 0 Å². The lowest BCUT2D eigenvalue weighted by molar-refractivity contribution is 0.0730. The Morgan fingerprint density at radius 2 is 1.94 bits per heavy atom. The third kappa shape index (κ3) is 3.66. The van der Waals surface area contributed by atoms with E-state index in [0.717, 1.165) is 5.56 Å². The van der Waals surface area contributed by atoms with Crippen molar-refractivity contribution in [2.75, 3.05) is 6.61 Å². The van der Waals surface area contributed by atoms with Crippen LogP contribution in [0.25, 0.3) is 0 Å². The van der Waals surface area contributed by atoms with Gasteiger partial charge in [-0.1, -0.05) is 41.9 Å². The highest BCUT2D eigenvalue weighted by Gasteiger charge is 2.08. The number of Topliss-reactive ketones (excluding diaryl/α,β-unsaturated/α-hetero) is 1. The fourth-order valence-electron chi connectivity index (χ4n) is 1.37. The third-order valence-electron chi connectivity index (χ3n) is 2.19. The third-order valence-corrected chi connectivity index (χ3v) is 3.46. The lowest BCUT2D eigenvalue weighted by Gasteiger charge is -2.02. The van der Waals surface area contributed by atoms with Gasteiger partial charge in [0.05, 0.1) is 15.8 Å². The van der Waals surface area contributed by atoms with Crippen molar-refractivity contribution in [3.63, 3.8) is 0 Å². The van der Waals surface area contributed by atoms with Crippen LogP contribution in [0.5, 0.6) is 0 Å². The van der Waals surface area contributed by atoms with Crippen molar-refractivity contribution >= 4 is 28.7 Å². The molecule has 0 bridgehead atoms. The van der Waals surface area contributed by atoms with Gasteiger partial charge in [0, 0.05) is 0 Å². The maximum Gasteiger partial charge on any atom is 0.198 e. The lowest BCUT2D eigenvalue weighted by atomic mass is 10.2. The lowest BCUT2D eigenvalue weighted by Crippen LogP contribution is -2.07. The summed E-state index contributed by atoms with van der Waals surface area (Å²) in [5.74, 6) is -0.0298. The van der Waals surface area contributed by atoms with Gasteiger partial charge in [0.25, 0.3) is 0 Å². The van der Waals surface area contributed by atoms with Crippen molar-refractivity contribution < 1.29 is 9.53 Å². The van der Waals surface area contributed by atoms with Crippen molar-refractivity contribution in [3.05, 3.63) is 57.2 Å². The number of halogens is 1. The number of ketones is 1. The Morgan fingerprint density at radius 3 is 2.59 bits per heavy atom. The maximum atomic E-state index is 11.7. The normalized spacial score (nSPS) is 10.4. The highest BCUT2D eigenvalue weighted by Crippen LogP contribution is 2.21. The fraction of sp³-hybridized carbons (Fsp3) is 0.154. The summed E-state index contributed by atoms with van der Waals surface area (Å²) in [7, 11) is 0. The van der Waals surface area contributed by atoms with Crippen molar-refractivity contribution in [3.8, 4) is 0 Å². The predicted molar refractivity (Wildman–Crippen MR) is 69.8 cm³/mol. The van der Waals surface area contributed by atoms with Gasteiger partial charge in [-0.2, -0.15) is 0 Å². The zero-order chi connectivity index (χ0) is 12.1. The number of benzene rings is 1. The Kier molecular flexibility index (Phi) is 4.31. The molecule has 0 saturated carbocycles. The molecule has 2 nitrogen and oxygen atoms in total. The van der Waals surface area contributed by atoms with Crippen LogP contribution in [-0.4, -0.2) is 12.4 Å². The van der Waals surface area contributed by atoms with E-state index in [0.29, 0.717) is 15.8 Å². The number of rotatable bonds is 5. The molecule has 0 spiro atoms. The molecule has 0 atom stereocenters. The van der Waals surface area contributed by atoms with Crippen molar-refractivity contribution in [2.45, 2.75) is 6.61 Å². The highest BCUT2D eigenvalue weighted by molar-refractivity contribution is 7.18. The van der Waals surface area contributed by atoms with E-state index in [4.69, 9.17) is 16.3 Å². The number of carbonyl (C=O) groups excluding carboxylic acids is 1. The second-order valence-electron chi connectivity index (χ2n) is 3.51. The van der Waals surface area contributed by atoms with Gasteiger partial charge in [-0.15, -0.1) is 11.3 Å². The van der Waals surface area contributed by atoms with Crippen LogP contribution in [-0.2, 0) is 11.3 Å². The Labute approximate surface area is 109 Å². The van der Waals surface area contributed by atoms with Crippen LogP contribution in [0.2, 0.25) is 4.34 Å². The average Bonchev–Trinajstić information content (AvgIpc) is 2.77. The fourth-order valence-corrected chi connectivity index (χ4v) is 2.34. The Bertz CT molecular complexity index is 493.